The summed E-state index contributed by atoms with van der Waals surface area (Å²) in [6.07, 6.45) is 6.06. The summed E-state index contributed by atoms with van der Waals surface area (Å²) in [6, 6.07) is 11.4. The molecule has 1 fully saturated rings. The number of hydrogen-bond acceptors (Lipinski definition) is 4. The average Bonchev–Trinajstić information content (AvgIpc) is 3.00. The fourth-order valence-corrected chi connectivity index (χ4v) is 3.54. The molecule has 4 heteroatoms. The Labute approximate surface area is 125 Å². The molecule has 1 aliphatic heterocycles. The minimum Gasteiger partial charge on any atom is -0.338 e. The molecule has 0 radical (unpaired) electrons. The molecule has 1 aliphatic carbocycles. The lowest BCUT2D eigenvalue weighted by atomic mass is 10.1. The predicted molar refractivity (Wildman–Crippen MR) is 83.5 cm³/mol. The van der Waals surface area contributed by atoms with Gasteiger partial charge in [0, 0.05) is 44.6 Å². The molecule has 0 saturated carbocycles. The summed E-state index contributed by atoms with van der Waals surface area (Å²) in [7, 11) is 0. The second kappa shape index (κ2) is 5.45. The molecule has 1 aromatic heterocycles. The van der Waals surface area contributed by atoms with Crippen LogP contribution in [0, 0.1) is 0 Å². The normalized spacial score (nSPS) is 19.7. The van der Waals surface area contributed by atoms with Gasteiger partial charge in [0.05, 0.1) is 0 Å². The summed E-state index contributed by atoms with van der Waals surface area (Å²) >= 11 is 0. The smallest absolute Gasteiger partial charge is 0.225 e. The number of fused-ring (bicyclic) bond motifs is 1. The van der Waals surface area contributed by atoms with Gasteiger partial charge < -0.3 is 4.90 Å². The number of aromatic nitrogens is 2. The number of benzene rings is 1. The molecule has 1 aromatic carbocycles. The van der Waals surface area contributed by atoms with Gasteiger partial charge in [-0.3, -0.25) is 4.90 Å². The van der Waals surface area contributed by atoms with E-state index in [9.17, 15) is 0 Å². The molecule has 2 aromatic rings. The van der Waals surface area contributed by atoms with Gasteiger partial charge in [-0.2, -0.15) is 0 Å². The van der Waals surface area contributed by atoms with Crippen LogP contribution >= 0.6 is 0 Å². The Morgan fingerprint density at radius 3 is 2.05 bits per heavy atom. The lowest BCUT2D eigenvalue weighted by Gasteiger charge is -2.38. The highest BCUT2D eigenvalue weighted by Crippen LogP contribution is 2.26. The van der Waals surface area contributed by atoms with Crippen LogP contribution in [0.3, 0.4) is 0 Å². The highest BCUT2D eigenvalue weighted by molar-refractivity contribution is 5.34. The van der Waals surface area contributed by atoms with Crippen molar-refractivity contribution in [3.05, 3.63) is 53.9 Å². The van der Waals surface area contributed by atoms with E-state index in [0.717, 1.165) is 32.1 Å². The van der Waals surface area contributed by atoms with Crippen LogP contribution in [0.5, 0.6) is 0 Å². The zero-order valence-electron chi connectivity index (χ0n) is 12.2. The third-order valence-corrected chi connectivity index (χ3v) is 4.70. The van der Waals surface area contributed by atoms with Gasteiger partial charge >= 0.3 is 0 Å². The highest BCUT2D eigenvalue weighted by Gasteiger charge is 2.29. The molecule has 4 rings (SSSR count). The Kier molecular flexibility index (Phi) is 3.31. The Balaban J connectivity index is 1.39. The van der Waals surface area contributed by atoms with Gasteiger partial charge in [-0.1, -0.05) is 24.3 Å². The van der Waals surface area contributed by atoms with Gasteiger partial charge in [-0.05, 0) is 30.0 Å². The highest BCUT2D eigenvalue weighted by atomic mass is 15.3. The second-order valence-corrected chi connectivity index (χ2v) is 5.90. The third-order valence-electron chi connectivity index (χ3n) is 4.70. The maximum atomic E-state index is 4.35. The van der Waals surface area contributed by atoms with Crippen molar-refractivity contribution < 1.29 is 0 Å². The second-order valence-electron chi connectivity index (χ2n) is 5.90. The van der Waals surface area contributed by atoms with E-state index in [4.69, 9.17) is 0 Å². The Morgan fingerprint density at radius 1 is 0.810 bits per heavy atom. The molecule has 2 aliphatic rings. The Hall–Kier alpha value is -1.94. The summed E-state index contributed by atoms with van der Waals surface area (Å²) in [6.45, 7) is 4.27. The molecule has 1 saturated heterocycles. The van der Waals surface area contributed by atoms with Crippen molar-refractivity contribution in [1.82, 2.24) is 14.9 Å². The van der Waals surface area contributed by atoms with Gasteiger partial charge in [0.15, 0.2) is 0 Å². The van der Waals surface area contributed by atoms with E-state index in [0.29, 0.717) is 6.04 Å². The predicted octanol–water partition coefficient (Wildman–Crippen LogP) is 1.77. The van der Waals surface area contributed by atoms with E-state index in [1.165, 1.54) is 24.0 Å². The molecule has 0 N–H and O–H groups in total. The zero-order valence-corrected chi connectivity index (χ0v) is 12.2. The van der Waals surface area contributed by atoms with Crippen molar-refractivity contribution in [2.75, 3.05) is 31.1 Å². The van der Waals surface area contributed by atoms with Crippen LogP contribution in [0.2, 0.25) is 0 Å². The molecule has 2 heterocycles. The van der Waals surface area contributed by atoms with Crippen molar-refractivity contribution in [3.8, 4) is 0 Å². The van der Waals surface area contributed by atoms with E-state index in [1.807, 2.05) is 18.5 Å². The van der Waals surface area contributed by atoms with E-state index >= 15 is 0 Å². The van der Waals surface area contributed by atoms with E-state index in [2.05, 4.69) is 44.0 Å². The maximum Gasteiger partial charge on any atom is 0.225 e. The Bertz CT molecular complexity index is 580. The number of anilines is 1. The van der Waals surface area contributed by atoms with Crippen LogP contribution < -0.4 is 4.90 Å². The minimum absolute atomic E-state index is 0.682. The molecule has 108 valence electrons. The van der Waals surface area contributed by atoms with Crippen molar-refractivity contribution >= 4 is 5.95 Å². The molecular formula is C17H20N4. The van der Waals surface area contributed by atoms with Crippen molar-refractivity contribution in [1.29, 1.82) is 0 Å². The van der Waals surface area contributed by atoms with Crippen molar-refractivity contribution in [3.63, 3.8) is 0 Å². The van der Waals surface area contributed by atoms with Gasteiger partial charge in [0.2, 0.25) is 5.95 Å². The first-order chi connectivity index (χ1) is 10.4. The first-order valence-electron chi connectivity index (χ1n) is 7.73. The molecule has 0 unspecified atom stereocenters. The summed E-state index contributed by atoms with van der Waals surface area (Å²) < 4.78 is 0. The number of piperazine rings is 1. The fourth-order valence-electron chi connectivity index (χ4n) is 3.54. The van der Waals surface area contributed by atoms with Gasteiger partial charge in [-0.15, -0.1) is 0 Å². The van der Waals surface area contributed by atoms with Crippen LogP contribution in [0.4, 0.5) is 5.95 Å². The largest absolute Gasteiger partial charge is 0.338 e. The Morgan fingerprint density at radius 2 is 1.43 bits per heavy atom. The number of nitrogens with zero attached hydrogens (tertiary/aromatic N) is 4. The lowest BCUT2D eigenvalue weighted by molar-refractivity contribution is 0.189. The quantitative estimate of drug-likeness (QED) is 0.839. The number of rotatable bonds is 2. The summed E-state index contributed by atoms with van der Waals surface area (Å²) in [5.41, 5.74) is 3.08. The van der Waals surface area contributed by atoms with E-state index in [-0.39, 0.29) is 0 Å². The first-order valence-corrected chi connectivity index (χ1v) is 7.73. The van der Waals surface area contributed by atoms with Crippen LogP contribution in [0.1, 0.15) is 11.1 Å². The van der Waals surface area contributed by atoms with Crippen molar-refractivity contribution in [2.45, 2.75) is 18.9 Å². The van der Waals surface area contributed by atoms with E-state index in [1.54, 1.807) is 0 Å². The summed E-state index contributed by atoms with van der Waals surface area (Å²) in [5, 5.41) is 0. The average molecular weight is 280 g/mol. The van der Waals surface area contributed by atoms with Gasteiger partial charge in [-0.25, -0.2) is 9.97 Å². The third kappa shape index (κ3) is 2.51. The molecule has 0 amide bonds. The topological polar surface area (TPSA) is 32.3 Å². The molecule has 0 bridgehead atoms. The first kappa shape index (κ1) is 12.8. The summed E-state index contributed by atoms with van der Waals surface area (Å²) in [4.78, 5) is 13.6. The maximum absolute atomic E-state index is 4.35. The van der Waals surface area contributed by atoms with Gasteiger partial charge in [0.25, 0.3) is 0 Å². The van der Waals surface area contributed by atoms with Crippen LogP contribution in [-0.2, 0) is 12.8 Å². The lowest BCUT2D eigenvalue weighted by Crippen LogP contribution is -2.51. The van der Waals surface area contributed by atoms with Gasteiger partial charge in [0.1, 0.15) is 0 Å². The molecule has 4 nitrogen and oxygen atoms in total. The van der Waals surface area contributed by atoms with Crippen LogP contribution in [0.15, 0.2) is 42.7 Å². The zero-order chi connectivity index (χ0) is 14.1. The van der Waals surface area contributed by atoms with E-state index < -0.39 is 0 Å². The molecule has 0 atom stereocenters. The molecular weight excluding hydrogens is 260 g/mol. The SMILES string of the molecule is c1cnc(N2CCN(C3Cc4ccccc4C3)CC2)nc1. The van der Waals surface area contributed by atoms with Crippen molar-refractivity contribution in [2.24, 2.45) is 0 Å². The monoisotopic (exact) mass is 280 g/mol. The van der Waals surface area contributed by atoms with Crippen LogP contribution in [0.25, 0.3) is 0 Å². The molecule has 0 spiro atoms. The standard InChI is InChI=1S/C17H20N4/c1-2-5-15-13-16(12-14(15)4-1)20-8-10-21(11-9-20)17-18-6-3-7-19-17/h1-7,16H,8-13H2. The number of hydrogen-bond donors (Lipinski definition) is 0. The van der Waals surface area contributed by atoms with Crippen LogP contribution in [-0.4, -0.2) is 47.1 Å². The summed E-state index contributed by atoms with van der Waals surface area (Å²) in [5.74, 6) is 0.867. The fraction of sp³-hybridized carbons (Fsp3) is 0.412. The minimum atomic E-state index is 0.682. The molecule has 21 heavy (non-hydrogen) atoms.